The van der Waals surface area contributed by atoms with Crippen molar-refractivity contribution in [3.63, 3.8) is 0 Å². The lowest BCUT2D eigenvalue weighted by Gasteiger charge is -2.20. The Kier molecular flexibility index (Phi) is 5.78. The predicted molar refractivity (Wildman–Crippen MR) is 90.1 cm³/mol. The van der Waals surface area contributed by atoms with Crippen LogP contribution in [-0.4, -0.2) is 57.9 Å². The lowest BCUT2D eigenvalue weighted by atomic mass is 10.2. The molecule has 1 fully saturated rings. The second kappa shape index (κ2) is 8.22. The van der Waals surface area contributed by atoms with E-state index < -0.39 is 0 Å². The van der Waals surface area contributed by atoms with Crippen molar-refractivity contribution >= 4 is 17.7 Å². The molecule has 0 bridgehead atoms. The van der Waals surface area contributed by atoms with Gasteiger partial charge in [0.25, 0.3) is 5.22 Å². The van der Waals surface area contributed by atoms with Crippen molar-refractivity contribution in [2.45, 2.75) is 24.1 Å². The van der Waals surface area contributed by atoms with Gasteiger partial charge in [0.05, 0.1) is 0 Å². The fourth-order valence-corrected chi connectivity index (χ4v) is 3.09. The first-order valence-corrected chi connectivity index (χ1v) is 8.80. The number of hydrogen-bond acceptors (Lipinski definition) is 8. The molecular formula is C15H20N6O2S. The van der Waals surface area contributed by atoms with E-state index in [-0.39, 0.29) is 5.91 Å². The summed E-state index contributed by atoms with van der Waals surface area (Å²) in [5.41, 5.74) is 7.06. The summed E-state index contributed by atoms with van der Waals surface area (Å²) in [6.07, 6.45) is 4.82. The molecule has 2 aromatic heterocycles. The van der Waals surface area contributed by atoms with Gasteiger partial charge in [0.15, 0.2) is 0 Å². The first kappa shape index (κ1) is 16.9. The van der Waals surface area contributed by atoms with Crippen molar-refractivity contribution < 1.29 is 9.21 Å². The Morgan fingerprint density at radius 3 is 3.00 bits per heavy atom. The maximum atomic E-state index is 12.1. The van der Waals surface area contributed by atoms with Gasteiger partial charge in [-0.15, -0.1) is 10.2 Å². The summed E-state index contributed by atoms with van der Waals surface area (Å²) in [4.78, 5) is 17.9. The van der Waals surface area contributed by atoms with E-state index in [4.69, 9.17) is 4.42 Å². The Morgan fingerprint density at radius 1 is 1.42 bits per heavy atom. The zero-order valence-electron chi connectivity index (χ0n) is 13.4. The minimum Gasteiger partial charge on any atom is -0.411 e. The topological polar surface area (TPSA) is 96.2 Å². The highest BCUT2D eigenvalue weighted by Crippen LogP contribution is 2.23. The molecule has 1 amide bonds. The van der Waals surface area contributed by atoms with Gasteiger partial charge in [-0.2, -0.15) is 0 Å². The molecule has 128 valence electrons. The van der Waals surface area contributed by atoms with Crippen molar-refractivity contribution in [3.05, 3.63) is 24.5 Å². The van der Waals surface area contributed by atoms with Gasteiger partial charge >= 0.3 is 0 Å². The van der Waals surface area contributed by atoms with E-state index in [1.807, 2.05) is 19.2 Å². The quantitative estimate of drug-likeness (QED) is 0.714. The monoisotopic (exact) mass is 348 g/mol. The van der Waals surface area contributed by atoms with Gasteiger partial charge in [-0.3, -0.25) is 20.6 Å². The van der Waals surface area contributed by atoms with E-state index in [9.17, 15) is 4.79 Å². The van der Waals surface area contributed by atoms with Gasteiger partial charge in [0.2, 0.25) is 11.8 Å². The average Bonchev–Trinajstić information content (AvgIpc) is 3.27. The molecule has 2 aromatic rings. The molecular weight excluding hydrogens is 328 g/mol. The van der Waals surface area contributed by atoms with E-state index in [1.54, 1.807) is 17.3 Å². The second-order valence-corrected chi connectivity index (χ2v) is 6.58. The van der Waals surface area contributed by atoms with E-state index in [0.717, 1.165) is 18.5 Å². The summed E-state index contributed by atoms with van der Waals surface area (Å²) < 4.78 is 5.59. The highest BCUT2D eigenvalue weighted by molar-refractivity contribution is 7.99. The van der Waals surface area contributed by atoms with Crippen molar-refractivity contribution in [3.8, 4) is 11.5 Å². The zero-order valence-corrected chi connectivity index (χ0v) is 14.3. The summed E-state index contributed by atoms with van der Waals surface area (Å²) in [5, 5.41) is 8.48. The SMILES string of the molecule is CN(CC1CCNN1)C(=O)CCSc1nnc(-c2ccncc2)o1. The summed E-state index contributed by atoms with van der Waals surface area (Å²) in [6.45, 7) is 1.66. The number of nitrogens with zero attached hydrogens (tertiary/aromatic N) is 4. The molecule has 1 atom stereocenters. The van der Waals surface area contributed by atoms with Crippen LogP contribution in [0.15, 0.2) is 34.2 Å². The smallest absolute Gasteiger partial charge is 0.276 e. The molecule has 1 aliphatic heterocycles. The summed E-state index contributed by atoms with van der Waals surface area (Å²) >= 11 is 1.39. The lowest BCUT2D eigenvalue weighted by Crippen LogP contribution is -2.41. The van der Waals surface area contributed by atoms with Crippen LogP contribution in [0.1, 0.15) is 12.8 Å². The fraction of sp³-hybridized carbons (Fsp3) is 0.467. The minimum atomic E-state index is 0.116. The summed E-state index contributed by atoms with van der Waals surface area (Å²) in [6, 6.07) is 3.95. The maximum absolute atomic E-state index is 12.1. The maximum Gasteiger partial charge on any atom is 0.276 e. The van der Waals surface area contributed by atoms with Crippen molar-refractivity contribution in [2.24, 2.45) is 0 Å². The van der Waals surface area contributed by atoms with Crippen LogP contribution >= 0.6 is 11.8 Å². The Morgan fingerprint density at radius 2 is 2.25 bits per heavy atom. The molecule has 1 saturated heterocycles. The number of likely N-dealkylation sites (N-methyl/N-ethyl adjacent to an activating group) is 1. The van der Waals surface area contributed by atoms with E-state index in [2.05, 4.69) is 26.0 Å². The second-order valence-electron chi connectivity index (χ2n) is 5.54. The molecule has 0 radical (unpaired) electrons. The molecule has 2 N–H and O–H groups in total. The van der Waals surface area contributed by atoms with E-state index in [0.29, 0.717) is 35.9 Å². The van der Waals surface area contributed by atoms with E-state index >= 15 is 0 Å². The van der Waals surface area contributed by atoms with Gasteiger partial charge in [-0.05, 0) is 18.6 Å². The van der Waals surface area contributed by atoms with Crippen LogP contribution in [0.3, 0.4) is 0 Å². The van der Waals surface area contributed by atoms with Crippen LogP contribution in [0.25, 0.3) is 11.5 Å². The molecule has 0 aromatic carbocycles. The molecule has 8 nitrogen and oxygen atoms in total. The van der Waals surface area contributed by atoms with Crippen LogP contribution in [-0.2, 0) is 4.79 Å². The first-order valence-electron chi connectivity index (χ1n) is 7.81. The molecule has 3 rings (SSSR count). The number of pyridine rings is 1. The lowest BCUT2D eigenvalue weighted by molar-refractivity contribution is -0.129. The molecule has 1 aliphatic rings. The van der Waals surface area contributed by atoms with E-state index in [1.165, 1.54) is 11.8 Å². The number of carbonyl (C=O) groups is 1. The standard InChI is InChI=1S/C15H20N6O2S/c1-21(10-12-4-8-17-18-12)13(22)5-9-24-15-20-19-14(23-15)11-2-6-16-7-3-11/h2-3,6-7,12,17-18H,4-5,8-10H2,1H3. The van der Waals surface area contributed by atoms with Crippen molar-refractivity contribution in [2.75, 3.05) is 25.9 Å². The van der Waals surface area contributed by atoms with Crippen LogP contribution in [0.4, 0.5) is 0 Å². The van der Waals surface area contributed by atoms with Crippen LogP contribution in [0.5, 0.6) is 0 Å². The summed E-state index contributed by atoms with van der Waals surface area (Å²) in [5.74, 6) is 1.19. The average molecular weight is 348 g/mol. The van der Waals surface area contributed by atoms with Crippen LogP contribution < -0.4 is 10.9 Å². The number of rotatable bonds is 7. The molecule has 1 unspecified atom stereocenters. The number of hydrazine groups is 1. The third kappa shape index (κ3) is 4.53. The highest BCUT2D eigenvalue weighted by Gasteiger charge is 2.18. The molecule has 0 aliphatic carbocycles. The molecule has 0 saturated carbocycles. The number of hydrogen-bond donors (Lipinski definition) is 2. The largest absolute Gasteiger partial charge is 0.411 e. The number of aromatic nitrogens is 3. The van der Waals surface area contributed by atoms with Gasteiger partial charge in [-0.1, -0.05) is 11.8 Å². The van der Waals surface area contributed by atoms with Gasteiger partial charge < -0.3 is 9.32 Å². The van der Waals surface area contributed by atoms with Gasteiger partial charge in [0, 0.05) is 56.3 Å². The third-order valence-corrected chi connectivity index (χ3v) is 4.54. The van der Waals surface area contributed by atoms with Crippen LogP contribution in [0, 0.1) is 0 Å². The molecule has 24 heavy (non-hydrogen) atoms. The Balaban J connectivity index is 1.43. The number of thioether (sulfide) groups is 1. The van der Waals surface area contributed by atoms with Crippen molar-refractivity contribution in [1.29, 1.82) is 0 Å². The third-order valence-electron chi connectivity index (χ3n) is 3.72. The normalized spacial score (nSPS) is 17.1. The fourth-order valence-electron chi connectivity index (χ4n) is 2.40. The van der Waals surface area contributed by atoms with Gasteiger partial charge in [-0.25, -0.2) is 0 Å². The molecule has 0 spiro atoms. The highest BCUT2D eigenvalue weighted by atomic mass is 32.2. The number of amides is 1. The first-order chi connectivity index (χ1) is 11.7. The number of nitrogens with one attached hydrogen (secondary N) is 2. The van der Waals surface area contributed by atoms with Gasteiger partial charge in [0.1, 0.15) is 0 Å². The molecule has 3 heterocycles. The summed E-state index contributed by atoms with van der Waals surface area (Å²) in [7, 11) is 1.83. The predicted octanol–water partition coefficient (Wildman–Crippen LogP) is 0.939. The number of carbonyl (C=O) groups excluding carboxylic acids is 1. The molecule has 9 heteroatoms. The van der Waals surface area contributed by atoms with Crippen molar-refractivity contribution in [1.82, 2.24) is 30.9 Å². The minimum absolute atomic E-state index is 0.116. The Hall–Kier alpha value is -1.97. The van der Waals surface area contributed by atoms with Crippen LogP contribution in [0.2, 0.25) is 0 Å². The Bertz CT molecular complexity index is 659. The zero-order chi connectivity index (χ0) is 16.8. The Labute approximate surface area is 144 Å².